The molecule has 0 aliphatic heterocycles. The van der Waals surface area contributed by atoms with Crippen LogP contribution in [0, 0.1) is 0 Å². The van der Waals surface area contributed by atoms with Gasteiger partial charge in [0.1, 0.15) is 0 Å². The Hall–Kier alpha value is -0.920. The van der Waals surface area contributed by atoms with E-state index in [0.29, 0.717) is 6.04 Å². The van der Waals surface area contributed by atoms with Crippen LogP contribution < -0.4 is 0 Å². The fraction of sp³-hybridized carbons (Fsp3) is 0.417. The molecule has 7 heteroatoms. The lowest BCUT2D eigenvalue weighted by Gasteiger charge is -2.09. The van der Waals surface area contributed by atoms with E-state index in [0.717, 1.165) is 32.9 Å². The summed E-state index contributed by atoms with van der Waals surface area (Å²) >= 11 is 5.02. The van der Waals surface area contributed by atoms with E-state index in [2.05, 4.69) is 31.5 Å². The molecule has 19 heavy (non-hydrogen) atoms. The number of benzene rings is 1. The Labute approximate surface area is 123 Å². The molecular formula is C12H13BrN4OS. The summed E-state index contributed by atoms with van der Waals surface area (Å²) in [7, 11) is 0. The van der Waals surface area contributed by atoms with Crippen molar-refractivity contribution in [3.05, 3.63) is 28.2 Å². The zero-order valence-electron chi connectivity index (χ0n) is 10.3. The topological polar surface area (TPSA) is 63.8 Å². The van der Waals surface area contributed by atoms with Crippen molar-refractivity contribution in [3.8, 4) is 0 Å². The van der Waals surface area contributed by atoms with Gasteiger partial charge in [-0.25, -0.2) is 4.68 Å². The number of tetrazole rings is 1. The van der Waals surface area contributed by atoms with Crippen LogP contribution in [0.15, 0.2) is 32.7 Å². The molecule has 1 saturated carbocycles. The van der Waals surface area contributed by atoms with E-state index < -0.39 is 6.10 Å². The quantitative estimate of drug-likeness (QED) is 0.926. The van der Waals surface area contributed by atoms with E-state index in [9.17, 15) is 5.11 Å². The minimum Gasteiger partial charge on any atom is -0.389 e. The molecule has 1 aliphatic carbocycles. The molecule has 1 aromatic heterocycles. The van der Waals surface area contributed by atoms with Gasteiger partial charge >= 0.3 is 0 Å². The second-order valence-corrected chi connectivity index (χ2v) is 6.49. The van der Waals surface area contributed by atoms with E-state index in [1.807, 2.05) is 22.9 Å². The maximum Gasteiger partial charge on any atom is 0.214 e. The first-order valence-electron chi connectivity index (χ1n) is 6.08. The molecule has 1 N–H and O–H groups in total. The van der Waals surface area contributed by atoms with Gasteiger partial charge in [-0.15, -0.1) is 5.10 Å². The van der Waals surface area contributed by atoms with Crippen LogP contribution in [0.3, 0.4) is 0 Å². The number of aliphatic hydroxyl groups excluding tert-OH is 1. The van der Waals surface area contributed by atoms with E-state index >= 15 is 0 Å². The largest absolute Gasteiger partial charge is 0.389 e. The van der Waals surface area contributed by atoms with Crippen LogP contribution in [-0.2, 0) is 0 Å². The van der Waals surface area contributed by atoms with Crippen molar-refractivity contribution in [2.24, 2.45) is 0 Å². The van der Waals surface area contributed by atoms with Crippen molar-refractivity contribution in [2.45, 2.75) is 42.0 Å². The standard InChI is InChI=1S/C12H13BrN4OS/c1-7(18)10-5-4-9(6-11(10)13)19-12-14-15-16-17(12)8-2-3-8/h4-8,18H,2-3H2,1H3/t7-/m0/s1. The third-order valence-corrected chi connectivity index (χ3v) is 4.61. The van der Waals surface area contributed by atoms with Gasteiger partial charge < -0.3 is 5.11 Å². The van der Waals surface area contributed by atoms with Crippen LogP contribution in [0.1, 0.15) is 37.5 Å². The van der Waals surface area contributed by atoms with Gasteiger partial charge in [-0.2, -0.15) is 0 Å². The summed E-state index contributed by atoms with van der Waals surface area (Å²) in [6.07, 6.45) is 1.83. The van der Waals surface area contributed by atoms with Crippen LogP contribution in [0.5, 0.6) is 0 Å². The van der Waals surface area contributed by atoms with Crippen LogP contribution in [0.25, 0.3) is 0 Å². The van der Waals surface area contributed by atoms with Crippen molar-refractivity contribution in [3.63, 3.8) is 0 Å². The van der Waals surface area contributed by atoms with Crippen LogP contribution in [0.2, 0.25) is 0 Å². The summed E-state index contributed by atoms with van der Waals surface area (Å²) < 4.78 is 2.79. The maximum absolute atomic E-state index is 9.60. The third-order valence-electron chi connectivity index (χ3n) is 2.99. The SMILES string of the molecule is C[C@H](O)c1ccc(Sc2nnnn2C2CC2)cc1Br. The van der Waals surface area contributed by atoms with Gasteiger partial charge in [0.15, 0.2) is 0 Å². The van der Waals surface area contributed by atoms with Crippen molar-refractivity contribution in [1.29, 1.82) is 0 Å². The molecule has 0 spiro atoms. The molecule has 1 atom stereocenters. The Morgan fingerprint density at radius 2 is 2.26 bits per heavy atom. The Morgan fingerprint density at radius 1 is 1.47 bits per heavy atom. The van der Waals surface area contributed by atoms with Gasteiger partial charge in [-0.05, 0) is 59.7 Å². The molecule has 0 amide bonds. The van der Waals surface area contributed by atoms with Gasteiger partial charge in [0, 0.05) is 9.37 Å². The van der Waals surface area contributed by atoms with Gasteiger partial charge in [0.05, 0.1) is 12.1 Å². The summed E-state index contributed by atoms with van der Waals surface area (Å²) in [4.78, 5) is 1.05. The molecule has 2 aromatic rings. The van der Waals surface area contributed by atoms with E-state index in [4.69, 9.17) is 0 Å². The fourth-order valence-corrected chi connectivity index (χ4v) is 3.56. The number of hydrogen-bond donors (Lipinski definition) is 1. The Morgan fingerprint density at radius 3 is 2.89 bits per heavy atom. The molecule has 1 fully saturated rings. The summed E-state index contributed by atoms with van der Waals surface area (Å²) in [6.45, 7) is 1.75. The number of aromatic nitrogens is 4. The lowest BCUT2D eigenvalue weighted by molar-refractivity contribution is 0.198. The monoisotopic (exact) mass is 340 g/mol. The minimum atomic E-state index is -0.481. The molecule has 100 valence electrons. The molecular weight excluding hydrogens is 328 g/mol. The zero-order chi connectivity index (χ0) is 13.4. The molecule has 0 saturated heterocycles. The Bertz CT molecular complexity index is 597. The highest BCUT2D eigenvalue weighted by Gasteiger charge is 2.28. The smallest absolute Gasteiger partial charge is 0.214 e. The average Bonchev–Trinajstić information content (AvgIpc) is 3.10. The molecule has 0 bridgehead atoms. The Kier molecular flexibility index (Phi) is 3.60. The van der Waals surface area contributed by atoms with E-state index in [-0.39, 0.29) is 0 Å². The molecule has 0 radical (unpaired) electrons. The maximum atomic E-state index is 9.60. The van der Waals surface area contributed by atoms with Crippen LogP contribution in [0.4, 0.5) is 0 Å². The second-order valence-electron chi connectivity index (χ2n) is 4.60. The predicted molar refractivity (Wildman–Crippen MR) is 75.0 cm³/mol. The van der Waals surface area contributed by atoms with Crippen molar-refractivity contribution < 1.29 is 5.11 Å². The zero-order valence-corrected chi connectivity index (χ0v) is 12.7. The number of aliphatic hydroxyl groups is 1. The highest BCUT2D eigenvalue weighted by Crippen LogP contribution is 2.38. The van der Waals surface area contributed by atoms with E-state index in [1.54, 1.807) is 6.92 Å². The van der Waals surface area contributed by atoms with Crippen molar-refractivity contribution in [2.75, 3.05) is 0 Å². The van der Waals surface area contributed by atoms with Gasteiger partial charge in [0.2, 0.25) is 5.16 Å². The minimum absolute atomic E-state index is 0.470. The first-order chi connectivity index (χ1) is 9.15. The normalized spacial score (nSPS) is 16.6. The lowest BCUT2D eigenvalue weighted by Crippen LogP contribution is -1.98. The highest BCUT2D eigenvalue weighted by atomic mass is 79.9. The summed E-state index contributed by atoms with van der Waals surface area (Å²) in [5, 5.41) is 22.2. The van der Waals surface area contributed by atoms with E-state index in [1.165, 1.54) is 11.8 Å². The summed E-state index contributed by atoms with van der Waals surface area (Å²) in [6, 6.07) is 6.35. The number of nitrogens with zero attached hydrogens (tertiary/aromatic N) is 4. The van der Waals surface area contributed by atoms with Crippen molar-refractivity contribution >= 4 is 27.7 Å². The predicted octanol–water partition coefficient (Wildman–Crippen LogP) is 2.98. The summed E-state index contributed by atoms with van der Waals surface area (Å²) in [5.41, 5.74) is 0.881. The molecule has 1 aliphatic rings. The molecule has 3 rings (SSSR count). The number of halogens is 1. The van der Waals surface area contributed by atoms with Gasteiger partial charge in [-0.3, -0.25) is 0 Å². The second kappa shape index (κ2) is 5.22. The van der Waals surface area contributed by atoms with Crippen LogP contribution >= 0.6 is 27.7 Å². The fourth-order valence-electron chi connectivity index (χ4n) is 1.82. The lowest BCUT2D eigenvalue weighted by atomic mass is 10.1. The van der Waals surface area contributed by atoms with Crippen LogP contribution in [-0.4, -0.2) is 25.3 Å². The number of hydrogen-bond acceptors (Lipinski definition) is 5. The first kappa shape index (κ1) is 13.1. The molecule has 1 aromatic carbocycles. The number of rotatable bonds is 4. The third kappa shape index (κ3) is 2.82. The van der Waals surface area contributed by atoms with Gasteiger partial charge in [-0.1, -0.05) is 22.0 Å². The summed E-state index contributed by atoms with van der Waals surface area (Å²) in [5.74, 6) is 0. The Balaban J connectivity index is 1.83. The molecule has 1 heterocycles. The average molecular weight is 341 g/mol. The first-order valence-corrected chi connectivity index (χ1v) is 7.69. The highest BCUT2D eigenvalue weighted by molar-refractivity contribution is 9.10. The van der Waals surface area contributed by atoms with Crippen molar-refractivity contribution in [1.82, 2.24) is 20.2 Å². The van der Waals surface area contributed by atoms with Gasteiger partial charge in [0.25, 0.3) is 0 Å². The molecule has 0 unspecified atom stereocenters. The molecule has 5 nitrogen and oxygen atoms in total.